The van der Waals surface area contributed by atoms with Crippen LogP contribution in [0.1, 0.15) is 196 Å². The molecular weight excluding hydrogens is 1660 g/mol. The van der Waals surface area contributed by atoms with Gasteiger partial charge in [0.05, 0.1) is 96.9 Å². The number of carbonyl (C=O) groups excluding carboxylic acids is 5. The van der Waals surface area contributed by atoms with Crippen LogP contribution < -0.4 is 55.6 Å². The largest absolute Gasteiger partial charge is 0.492 e. The Morgan fingerprint density at radius 3 is 1.18 bits per heavy atom. The van der Waals surface area contributed by atoms with E-state index in [4.69, 9.17) is 43.7 Å². The number of halogens is 2. The lowest BCUT2D eigenvalue weighted by Gasteiger charge is -2.29. The second kappa shape index (κ2) is 41.1. The highest BCUT2D eigenvalue weighted by atomic mass is 19.1. The Labute approximate surface area is 761 Å². The van der Waals surface area contributed by atoms with E-state index in [2.05, 4.69) is 186 Å². The summed E-state index contributed by atoms with van der Waals surface area (Å²) in [7, 11) is 1.36. The van der Waals surface area contributed by atoms with Crippen molar-refractivity contribution in [1.82, 2.24) is 10.2 Å². The van der Waals surface area contributed by atoms with Gasteiger partial charge in [-0.3, -0.25) is 14.4 Å². The highest BCUT2D eigenvalue weighted by Crippen LogP contribution is 2.49. The number of benzene rings is 9. The van der Waals surface area contributed by atoms with Crippen LogP contribution in [0.4, 0.5) is 46.8 Å². The number of rotatable bonds is 18. The van der Waals surface area contributed by atoms with Gasteiger partial charge >= 0.3 is 12.1 Å². The molecule has 7 heterocycles. The number of hydrogen-bond acceptors (Lipinski definition) is 18. The van der Waals surface area contributed by atoms with Crippen molar-refractivity contribution in [3.63, 3.8) is 0 Å². The fourth-order valence-electron chi connectivity index (χ4n) is 16.3. The number of allylic oxidation sites excluding steroid dienone is 1. The number of carbonyl (C=O) groups is 5. The van der Waals surface area contributed by atoms with Crippen molar-refractivity contribution in [2.75, 3.05) is 79.9 Å². The van der Waals surface area contributed by atoms with Gasteiger partial charge in [0, 0.05) is 94.8 Å². The number of nitrogens with zero attached hydrogens (tertiary/aromatic N) is 7. The zero-order valence-electron chi connectivity index (χ0n) is 75.1. The van der Waals surface area contributed by atoms with Gasteiger partial charge in [-0.05, 0) is 150 Å². The molecule has 2 atom stereocenters. The molecule has 2 unspecified atom stereocenters. The molecule has 0 spiro atoms. The zero-order chi connectivity index (χ0) is 93.7. The van der Waals surface area contributed by atoms with Gasteiger partial charge in [0.2, 0.25) is 5.91 Å². The number of nitrogens with one attached hydrogen (secondary N) is 6. The van der Waals surface area contributed by atoms with Gasteiger partial charge in [-0.15, -0.1) is 0 Å². The van der Waals surface area contributed by atoms with E-state index in [0.717, 1.165) is 108 Å². The van der Waals surface area contributed by atoms with Gasteiger partial charge in [0.25, 0.3) is 11.8 Å². The monoisotopic (exact) mass is 1760 g/mol. The average Bonchev–Trinajstić information content (AvgIpc) is 1.66. The lowest BCUT2D eigenvalue weighted by atomic mass is 9.81. The highest BCUT2D eigenvalue weighted by molar-refractivity contribution is 6.03. The summed E-state index contributed by atoms with van der Waals surface area (Å²) in [6, 6.07) is 49.3. The average molecular weight is 1770 g/mol. The SMILES string of the molecule is C=CC(=O)Nc1cc(/C=C/C2CCC(C)(F)CC2)c2c(c1F)CCO2.CC(C)c1ccc(-c2cc(NC(=O)C3(C)CO3)c(C#N)c3c2OCC3)cc1.CC(C)c1ccc(-c2cc(NC(=O)C3CO3)c(C#N)c3c2OCC3)cc1.CC(C)c1ccc(-c2cc(NC(=O)N(C)C#N)c(C#N)c3c2OCC3)cc1.CC(C)c1ccc(-c2cc(NC(=O)NC#N)c(C#N)c3c2OCC3)cc1. The molecule has 7 aliphatic heterocycles. The molecule has 670 valence electrons. The Hall–Kier alpha value is -14.9. The van der Waals surface area contributed by atoms with E-state index in [9.17, 15) is 53.8 Å². The smallest absolute Gasteiger partial charge is 0.334 e. The summed E-state index contributed by atoms with van der Waals surface area (Å²) in [4.78, 5) is 60.9. The summed E-state index contributed by atoms with van der Waals surface area (Å²) in [6.45, 7) is 27.3. The first-order valence-electron chi connectivity index (χ1n) is 43.8. The zero-order valence-corrected chi connectivity index (χ0v) is 75.1. The number of fused-ring (bicyclic) bond motifs is 5. The number of epoxide rings is 2. The van der Waals surface area contributed by atoms with Crippen molar-refractivity contribution in [3.05, 3.63) is 230 Å². The molecule has 6 N–H and O–H groups in total. The molecular formula is C104H103F2N13O12. The van der Waals surface area contributed by atoms with Crippen molar-refractivity contribution in [3.8, 4) is 110 Å². The van der Waals surface area contributed by atoms with E-state index >= 15 is 0 Å². The molecule has 1 saturated carbocycles. The summed E-state index contributed by atoms with van der Waals surface area (Å²) < 4.78 is 67.6. The minimum Gasteiger partial charge on any atom is -0.492 e. The molecule has 9 aromatic carbocycles. The fourth-order valence-corrected chi connectivity index (χ4v) is 16.3. The van der Waals surface area contributed by atoms with Crippen LogP contribution in [0.3, 0.4) is 0 Å². The molecule has 0 radical (unpaired) electrons. The predicted octanol–water partition coefficient (Wildman–Crippen LogP) is 20.6. The lowest BCUT2D eigenvalue weighted by Crippen LogP contribution is -2.28. The fraction of sp³-hybridized carbons (Fsp3) is 0.337. The minimum absolute atomic E-state index is 0.133. The number of anilines is 5. The Bertz CT molecular complexity index is 6220. The summed E-state index contributed by atoms with van der Waals surface area (Å²) in [5, 5.41) is 71.5. The maximum atomic E-state index is 14.5. The van der Waals surface area contributed by atoms with Crippen LogP contribution in [0, 0.1) is 80.0 Å². The van der Waals surface area contributed by atoms with E-state index in [1.54, 1.807) is 44.4 Å². The van der Waals surface area contributed by atoms with Gasteiger partial charge < -0.3 is 59.7 Å². The maximum absolute atomic E-state index is 14.5. The molecule has 1 aliphatic carbocycles. The molecule has 8 aliphatic rings. The van der Waals surface area contributed by atoms with Crippen molar-refractivity contribution < 1.29 is 65.9 Å². The first-order valence-corrected chi connectivity index (χ1v) is 43.8. The van der Waals surface area contributed by atoms with Gasteiger partial charge in [-0.1, -0.05) is 171 Å². The third-order valence-electron chi connectivity index (χ3n) is 24.2. The quantitative estimate of drug-likeness (QED) is 0.0201. The standard InChI is InChI=1S/C22H22N2O3.C21H20N4O2.C21H20N2O3.C20H23F2NO2.C20H18N4O2/c1-13(2)14-4-6-15(7-5-14)17-10-19(24-21(25)22(3)12-27-22)18(11-23)16-8-9-26-20(16)17;1-13(2)14-4-6-15(7-5-14)17-10-19(24-21(26)25(3)12-23)18(11-22)16-8-9-27-20(16)17;1-12(2)13-3-5-14(6-4-13)16-9-18(23-21(24)19-11-26-19)17(10-22)15-7-8-25-20(15)16;1-3-17(24)23-16-12-14(19-15(18(16)21)8-11-25-19)5-4-13-6-9-20(2,22)10-7-13;1-12(2)13-3-5-14(6-4-13)16-9-18(24-20(25)23-11-22)17(10-21)15-7-8-26-19(15)16/h4-7,10,13H,8-9,12H2,1-3H3,(H,24,25);4-7,10,13H,8-9H2,1-3H3,(H,24,26);3-6,9,12,19H,7-8,11H2,1-2H3,(H,23,24);3-5,12-13H,1,6-11H2,2H3,(H,23,24);3-6,9,12H,7-8H2,1-2H3,(H2,23,24,25)/b;;;5-4+;. The topological polar surface area (TPSA) is 375 Å². The van der Waals surface area contributed by atoms with Gasteiger partial charge in [0.15, 0.2) is 29.9 Å². The lowest BCUT2D eigenvalue weighted by molar-refractivity contribution is -0.120. The van der Waals surface area contributed by atoms with E-state index in [1.807, 2.05) is 53.9 Å². The molecule has 2 saturated heterocycles. The first-order chi connectivity index (χ1) is 62.9. The number of amides is 7. The van der Waals surface area contributed by atoms with E-state index < -0.39 is 41.2 Å². The van der Waals surface area contributed by atoms with Crippen LogP contribution >= 0.6 is 0 Å². The second-order valence-electron chi connectivity index (χ2n) is 34.7. The second-order valence-corrected chi connectivity index (χ2v) is 34.7. The Morgan fingerprint density at radius 1 is 0.489 bits per heavy atom. The Kier molecular flexibility index (Phi) is 29.4. The molecule has 131 heavy (non-hydrogen) atoms. The van der Waals surface area contributed by atoms with Crippen LogP contribution in [0.2, 0.25) is 0 Å². The molecule has 17 rings (SSSR count). The van der Waals surface area contributed by atoms with Crippen LogP contribution in [0.5, 0.6) is 28.7 Å². The van der Waals surface area contributed by atoms with Crippen LogP contribution in [-0.2, 0) is 56.0 Å². The molecule has 27 heteroatoms. The van der Waals surface area contributed by atoms with Crippen molar-refractivity contribution >= 4 is 64.3 Å². The minimum atomic E-state index is -1.06. The number of hydrogen-bond donors (Lipinski definition) is 6. The summed E-state index contributed by atoms with van der Waals surface area (Å²) in [5.41, 5.74) is 18.6. The number of urea groups is 2. The summed E-state index contributed by atoms with van der Waals surface area (Å²) in [6.07, 6.45) is 13.7. The maximum Gasteiger partial charge on any atom is 0.334 e. The number of ether oxygens (including phenoxy) is 7. The summed E-state index contributed by atoms with van der Waals surface area (Å²) in [5.74, 6) is 4.14. The first kappa shape index (κ1) is 93.8. The molecule has 7 amide bonds. The van der Waals surface area contributed by atoms with Crippen molar-refractivity contribution in [2.45, 2.75) is 168 Å². The van der Waals surface area contributed by atoms with E-state index in [1.165, 1.54) is 29.3 Å². The van der Waals surface area contributed by atoms with Gasteiger partial charge in [0.1, 0.15) is 58.7 Å². The number of nitriles is 6. The Balaban J connectivity index is 0.000000139. The molecule has 25 nitrogen and oxygen atoms in total. The van der Waals surface area contributed by atoms with Crippen LogP contribution in [0.25, 0.3) is 50.6 Å². The molecule has 3 fully saturated rings. The van der Waals surface area contributed by atoms with Crippen LogP contribution in [-0.4, -0.2) is 105 Å². The Morgan fingerprint density at radius 2 is 0.840 bits per heavy atom. The highest BCUT2D eigenvalue weighted by Gasteiger charge is 2.48. The third kappa shape index (κ3) is 21.6. The van der Waals surface area contributed by atoms with Crippen molar-refractivity contribution in [2.24, 2.45) is 5.92 Å². The molecule has 0 bridgehead atoms. The number of alkyl halides is 1. The van der Waals surface area contributed by atoms with Crippen LogP contribution in [0.15, 0.2) is 146 Å². The summed E-state index contributed by atoms with van der Waals surface area (Å²) >= 11 is 0. The van der Waals surface area contributed by atoms with Crippen molar-refractivity contribution in [1.29, 1.82) is 31.6 Å². The molecule has 9 aromatic rings. The normalized spacial score (nSPS) is 17.2. The van der Waals surface area contributed by atoms with E-state index in [-0.39, 0.29) is 17.5 Å². The molecule has 0 aromatic heterocycles. The van der Waals surface area contributed by atoms with E-state index in [0.29, 0.717) is 189 Å². The predicted molar refractivity (Wildman–Crippen MR) is 496 cm³/mol. The van der Waals surface area contributed by atoms with Gasteiger partial charge in [-0.25, -0.2) is 28.6 Å². The third-order valence-corrected chi connectivity index (χ3v) is 24.2. The van der Waals surface area contributed by atoms with Gasteiger partial charge in [-0.2, -0.15) is 31.6 Å².